The third-order valence-corrected chi connectivity index (χ3v) is 5.30. The van der Waals surface area contributed by atoms with E-state index >= 15 is 0 Å². The molecule has 0 aromatic heterocycles. The monoisotopic (exact) mass is 392 g/mol. The van der Waals surface area contributed by atoms with Crippen molar-refractivity contribution in [2.45, 2.75) is 38.3 Å². The average molecular weight is 392 g/mol. The van der Waals surface area contributed by atoms with Gasteiger partial charge in [-0.15, -0.1) is 0 Å². The van der Waals surface area contributed by atoms with Crippen molar-refractivity contribution in [2.75, 3.05) is 11.4 Å². The van der Waals surface area contributed by atoms with Gasteiger partial charge in [0.15, 0.2) is 0 Å². The predicted octanol–water partition coefficient (Wildman–Crippen LogP) is 2.91. The molecule has 29 heavy (non-hydrogen) atoms. The molecule has 6 nitrogen and oxygen atoms in total. The SMILES string of the molecule is Cc1ccc(N2C[C@@H](C(=O)O[C@@H](C(=O)NC3CC3)c3ccccc3)CC2=O)cc1. The van der Waals surface area contributed by atoms with Gasteiger partial charge in [-0.2, -0.15) is 0 Å². The van der Waals surface area contributed by atoms with Crippen LogP contribution in [0.5, 0.6) is 0 Å². The minimum absolute atomic E-state index is 0.0818. The Morgan fingerprint density at radius 2 is 1.76 bits per heavy atom. The first-order valence-corrected chi connectivity index (χ1v) is 9.94. The summed E-state index contributed by atoms with van der Waals surface area (Å²) < 4.78 is 5.63. The van der Waals surface area contributed by atoms with Crippen molar-refractivity contribution in [3.05, 3.63) is 65.7 Å². The van der Waals surface area contributed by atoms with Gasteiger partial charge in [0.2, 0.25) is 12.0 Å². The van der Waals surface area contributed by atoms with Crippen LogP contribution in [0, 0.1) is 12.8 Å². The van der Waals surface area contributed by atoms with E-state index in [0.717, 1.165) is 24.1 Å². The highest BCUT2D eigenvalue weighted by Crippen LogP contribution is 2.29. The first-order chi connectivity index (χ1) is 14.0. The van der Waals surface area contributed by atoms with Crippen molar-refractivity contribution < 1.29 is 19.1 Å². The van der Waals surface area contributed by atoms with Gasteiger partial charge in [-0.05, 0) is 31.9 Å². The van der Waals surface area contributed by atoms with E-state index in [0.29, 0.717) is 5.56 Å². The number of hydrogen-bond donors (Lipinski definition) is 1. The van der Waals surface area contributed by atoms with Crippen LogP contribution in [0.2, 0.25) is 0 Å². The lowest BCUT2D eigenvalue weighted by atomic mass is 10.1. The van der Waals surface area contributed by atoms with E-state index < -0.39 is 18.0 Å². The van der Waals surface area contributed by atoms with E-state index in [2.05, 4.69) is 5.32 Å². The van der Waals surface area contributed by atoms with Crippen molar-refractivity contribution in [1.29, 1.82) is 0 Å². The molecule has 2 aromatic carbocycles. The second-order valence-corrected chi connectivity index (χ2v) is 7.75. The molecule has 6 heteroatoms. The number of nitrogens with zero attached hydrogens (tertiary/aromatic N) is 1. The number of nitrogens with one attached hydrogen (secondary N) is 1. The van der Waals surface area contributed by atoms with Crippen molar-refractivity contribution >= 4 is 23.5 Å². The number of amides is 2. The zero-order chi connectivity index (χ0) is 20.4. The topological polar surface area (TPSA) is 75.7 Å². The summed E-state index contributed by atoms with van der Waals surface area (Å²) in [5.74, 6) is -1.54. The largest absolute Gasteiger partial charge is 0.447 e. The second-order valence-electron chi connectivity index (χ2n) is 7.75. The molecule has 0 radical (unpaired) electrons. The van der Waals surface area contributed by atoms with Gasteiger partial charge in [-0.3, -0.25) is 14.4 Å². The summed E-state index contributed by atoms with van der Waals surface area (Å²) in [5.41, 5.74) is 2.49. The maximum absolute atomic E-state index is 12.8. The van der Waals surface area contributed by atoms with Crippen LogP contribution in [0.15, 0.2) is 54.6 Å². The van der Waals surface area contributed by atoms with Crippen LogP contribution in [-0.4, -0.2) is 30.4 Å². The predicted molar refractivity (Wildman–Crippen MR) is 108 cm³/mol. The average Bonchev–Trinajstić information content (AvgIpc) is 3.45. The van der Waals surface area contributed by atoms with Crippen LogP contribution in [0.25, 0.3) is 0 Å². The fourth-order valence-corrected chi connectivity index (χ4v) is 3.46. The smallest absolute Gasteiger partial charge is 0.312 e. The van der Waals surface area contributed by atoms with Gasteiger partial charge in [0.05, 0.1) is 5.92 Å². The summed E-state index contributed by atoms with van der Waals surface area (Å²) in [5, 5.41) is 2.90. The van der Waals surface area contributed by atoms with Gasteiger partial charge < -0.3 is 15.0 Å². The molecule has 150 valence electrons. The van der Waals surface area contributed by atoms with Gasteiger partial charge in [0.25, 0.3) is 5.91 Å². The number of hydrogen-bond acceptors (Lipinski definition) is 4. The molecular formula is C23H24N2O4. The zero-order valence-electron chi connectivity index (χ0n) is 16.3. The van der Waals surface area contributed by atoms with Gasteiger partial charge in [0.1, 0.15) is 0 Å². The molecule has 2 atom stereocenters. The number of benzene rings is 2. The van der Waals surface area contributed by atoms with E-state index in [-0.39, 0.29) is 30.8 Å². The van der Waals surface area contributed by atoms with E-state index in [1.807, 2.05) is 37.3 Å². The molecule has 4 rings (SSSR count). The normalized spacial score (nSPS) is 19.7. The zero-order valence-corrected chi connectivity index (χ0v) is 16.3. The number of ether oxygens (including phenoxy) is 1. The highest BCUT2D eigenvalue weighted by atomic mass is 16.5. The number of carbonyl (C=O) groups excluding carboxylic acids is 3. The van der Waals surface area contributed by atoms with Crippen molar-refractivity contribution in [2.24, 2.45) is 5.92 Å². The highest BCUT2D eigenvalue weighted by Gasteiger charge is 2.39. The number of aryl methyl sites for hydroxylation is 1. The molecule has 1 aliphatic heterocycles. The lowest BCUT2D eigenvalue weighted by molar-refractivity contribution is -0.160. The Kier molecular flexibility index (Phi) is 5.34. The van der Waals surface area contributed by atoms with E-state index in [1.54, 1.807) is 29.2 Å². The molecule has 2 aliphatic rings. The summed E-state index contributed by atoms with van der Waals surface area (Å²) in [6.45, 7) is 2.23. The minimum Gasteiger partial charge on any atom is -0.447 e. The van der Waals surface area contributed by atoms with Gasteiger partial charge in [0, 0.05) is 30.3 Å². The van der Waals surface area contributed by atoms with Crippen molar-refractivity contribution in [1.82, 2.24) is 5.32 Å². The molecule has 2 aromatic rings. The maximum Gasteiger partial charge on any atom is 0.312 e. The Morgan fingerprint density at radius 3 is 2.41 bits per heavy atom. The lowest BCUT2D eigenvalue weighted by Crippen LogP contribution is -2.35. The third kappa shape index (κ3) is 4.47. The van der Waals surface area contributed by atoms with Crippen LogP contribution in [-0.2, 0) is 19.1 Å². The number of rotatable bonds is 6. The lowest BCUT2D eigenvalue weighted by Gasteiger charge is -2.20. The first kappa shape index (κ1) is 19.2. The summed E-state index contributed by atoms with van der Waals surface area (Å²) in [6, 6.07) is 16.8. The van der Waals surface area contributed by atoms with Gasteiger partial charge >= 0.3 is 5.97 Å². The summed E-state index contributed by atoms with van der Waals surface area (Å²) >= 11 is 0. The van der Waals surface area contributed by atoms with Gasteiger partial charge in [-0.25, -0.2) is 0 Å². The van der Waals surface area contributed by atoms with Crippen molar-refractivity contribution in [3.8, 4) is 0 Å². The van der Waals surface area contributed by atoms with Crippen LogP contribution in [0.1, 0.15) is 36.5 Å². The highest BCUT2D eigenvalue weighted by molar-refractivity contribution is 5.99. The Labute approximate surface area is 169 Å². The third-order valence-electron chi connectivity index (χ3n) is 5.30. The van der Waals surface area contributed by atoms with Crippen LogP contribution in [0.3, 0.4) is 0 Å². The Morgan fingerprint density at radius 1 is 1.07 bits per heavy atom. The molecule has 1 saturated carbocycles. The number of esters is 1. The van der Waals surface area contributed by atoms with E-state index in [4.69, 9.17) is 4.74 Å². The molecular weight excluding hydrogens is 368 g/mol. The van der Waals surface area contributed by atoms with Crippen LogP contribution in [0.4, 0.5) is 5.69 Å². The molecule has 1 N–H and O–H groups in total. The van der Waals surface area contributed by atoms with Crippen LogP contribution < -0.4 is 10.2 Å². The minimum atomic E-state index is -1.01. The Balaban J connectivity index is 1.46. The number of anilines is 1. The fourth-order valence-electron chi connectivity index (χ4n) is 3.46. The second kappa shape index (κ2) is 8.07. The Hall–Kier alpha value is -3.15. The molecule has 2 amide bonds. The quantitative estimate of drug-likeness (QED) is 0.767. The molecule has 2 fully saturated rings. The fraction of sp³-hybridized carbons (Fsp3) is 0.348. The molecule has 0 unspecified atom stereocenters. The molecule has 0 bridgehead atoms. The molecule has 1 aliphatic carbocycles. The molecule has 1 saturated heterocycles. The Bertz CT molecular complexity index is 906. The van der Waals surface area contributed by atoms with E-state index in [9.17, 15) is 14.4 Å². The summed E-state index contributed by atoms with van der Waals surface area (Å²) in [7, 11) is 0. The summed E-state index contributed by atoms with van der Waals surface area (Å²) in [4.78, 5) is 39.6. The maximum atomic E-state index is 12.8. The van der Waals surface area contributed by atoms with E-state index in [1.165, 1.54) is 0 Å². The molecule has 0 spiro atoms. The van der Waals surface area contributed by atoms with Crippen molar-refractivity contribution in [3.63, 3.8) is 0 Å². The number of carbonyl (C=O) groups is 3. The molecule has 1 heterocycles. The van der Waals surface area contributed by atoms with Crippen LogP contribution >= 0.6 is 0 Å². The van der Waals surface area contributed by atoms with Gasteiger partial charge in [-0.1, -0.05) is 48.0 Å². The summed E-state index contributed by atoms with van der Waals surface area (Å²) in [6.07, 6.45) is 0.972. The first-order valence-electron chi connectivity index (χ1n) is 9.94. The standard InChI is InChI=1S/C23H24N2O4/c1-15-7-11-19(12-8-15)25-14-17(13-20(25)26)23(28)29-21(16-5-3-2-4-6-16)22(27)24-18-9-10-18/h2-8,11-12,17-18,21H,9-10,13-14H2,1H3,(H,24,27)/t17-,21+/m0/s1.